The number of halogens is 1. The van der Waals surface area contributed by atoms with Gasteiger partial charge in [-0.2, -0.15) is 0 Å². The molecule has 30 heavy (non-hydrogen) atoms. The molecular formula is C25H30FN3O. The van der Waals surface area contributed by atoms with Crippen molar-refractivity contribution in [3.63, 3.8) is 0 Å². The first-order chi connectivity index (χ1) is 14.6. The number of nitrogens with one attached hydrogen (secondary N) is 1. The predicted octanol–water partition coefficient (Wildman–Crippen LogP) is 5.13. The van der Waals surface area contributed by atoms with E-state index < -0.39 is 0 Å². The van der Waals surface area contributed by atoms with E-state index in [1.165, 1.54) is 17.7 Å². The molecule has 2 aliphatic rings. The Morgan fingerprint density at radius 1 is 1.17 bits per heavy atom. The van der Waals surface area contributed by atoms with Crippen LogP contribution in [0.15, 0.2) is 53.5 Å². The molecule has 2 aromatic rings. The minimum absolute atomic E-state index is 0.00554. The fourth-order valence-electron chi connectivity index (χ4n) is 4.97. The van der Waals surface area contributed by atoms with Crippen LogP contribution in [0, 0.1) is 11.7 Å². The second-order valence-corrected chi connectivity index (χ2v) is 8.67. The smallest absolute Gasteiger partial charge is 0.318 e. The van der Waals surface area contributed by atoms with Gasteiger partial charge in [0.1, 0.15) is 5.82 Å². The van der Waals surface area contributed by atoms with Gasteiger partial charge < -0.3 is 10.2 Å². The molecule has 0 aromatic heterocycles. The molecule has 0 saturated heterocycles. The minimum Gasteiger partial charge on any atom is -0.333 e. The van der Waals surface area contributed by atoms with Crippen LogP contribution in [0.1, 0.15) is 55.3 Å². The normalized spacial score (nSPS) is 26.4. The van der Waals surface area contributed by atoms with Crippen molar-refractivity contribution in [1.29, 1.82) is 0 Å². The molecule has 4 rings (SSSR count). The zero-order valence-corrected chi connectivity index (χ0v) is 17.6. The molecular weight excluding hydrogens is 377 g/mol. The van der Waals surface area contributed by atoms with Crippen molar-refractivity contribution >= 4 is 12.7 Å². The number of fused-ring (bicyclic) bond motifs is 1. The molecule has 5 heteroatoms. The molecule has 0 spiro atoms. The van der Waals surface area contributed by atoms with E-state index in [4.69, 9.17) is 0 Å². The monoisotopic (exact) mass is 407 g/mol. The van der Waals surface area contributed by atoms with E-state index in [-0.39, 0.29) is 30.0 Å². The number of urea groups is 1. The average molecular weight is 408 g/mol. The third-order valence-corrected chi connectivity index (χ3v) is 6.59. The van der Waals surface area contributed by atoms with Crippen LogP contribution in [-0.2, 0) is 6.42 Å². The maximum atomic E-state index is 13.6. The van der Waals surface area contributed by atoms with Crippen molar-refractivity contribution in [3.05, 3.63) is 71.0 Å². The summed E-state index contributed by atoms with van der Waals surface area (Å²) < 4.78 is 13.6. The van der Waals surface area contributed by atoms with Gasteiger partial charge in [-0.05, 0) is 60.7 Å². The van der Waals surface area contributed by atoms with Gasteiger partial charge in [0.2, 0.25) is 0 Å². The largest absolute Gasteiger partial charge is 0.333 e. The minimum atomic E-state index is -0.272. The molecule has 1 N–H and O–H groups in total. The summed E-state index contributed by atoms with van der Waals surface area (Å²) in [6.45, 7) is 6.65. The first kappa shape index (κ1) is 20.6. The Labute approximate surface area is 178 Å². The van der Waals surface area contributed by atoms with Gasteiger partial charge in [-0.15, -0.1) is 0 Å². The molecule has 2 amide bonds. The number of carbonyl (C=O) groups excluding carboxylic acids is 1. The van der Waals surface area contributed by atoms with E-state index in [2.05, 4.69) is 36.1 Å². The number of amides is 2. The number of hydrogen-bond donors (Lipinski definition) is 1. The summed E-state index contributed by atoms with van der Waals surface area (Å²) in [6, 6.07) is 14.5. The van der Waals surface area contributed by atoms with E-state index >= 15 is 0 Å². The van der Waals surface area contributed by atoms with Gasteiger partial charge in [0, 0.05) is 6.54 Å². The fourth-order valence-corrected chi connectivity index (χ4v) is 4.97. The molecule has 4 atom stereocenters. The highest BCUT2D eigenvalue weighted by Gasteiger charge is 2.34. The van der Waals surface area contributed by atoms with Crippen molar-refractivity contribution in [2.45, 2.75) is 57.2 Å². The summed E-state index contributed by atoms with van der Waals surface area (Å²) in [4.78, 5) is 19.7. The van der Waals surface area contributed by atoms with Gasteiger partial charge in [0.15, 0.2) is 0 Å². The second-order valence-electron chi connectivity index (χ2n) is 8.67. The zero-order valence-electron chi connectivity index (χ0n) is 17.6. The van der Waals surface area contributed by atoms with Gasteiger partial charge >= 0.3 is 6.03 Å². The summed E-state index contributed by atoms with van der Waals surface area (Å²) in [5.74, 6) is 0.322. The third kappa shape index (κ3) is 4.25. The molecule has 1 unspecified atom stereocenters. The van der Waals surface area contributed by atoms with E-state index in [1.807, 2.05) is 17.0 Å². The number of rotatable bonds is 3. The van der Waals surface area contributed by atoms with Gasteiger partial charge in [-0.3, -0.25) is 4.99 Å². The predicted molar refractivity (Wildman–Crippen MR) is 118 cm³/mol. The van der Waals surface area contributed by atoms with Crippen molar-refractivity contribution in [2.24, 2.45) is 10.9 Å². The molecule has 1 heterocycles. The second kappa shape index (κ2) is 8.99. The van der Waals surface area contributed by atoms with Crippen LogP contribution in [0.3, 0.4) is 0 Å². The number of benzene rings is 2. The Balaban J connectivity index is 1.62. The Kier molecular flexibility index (Phi) is 6.16. The number of carbonyl (C=O) groups is 1. The summed E-state index contributed by atoms with van der Waals surface area (Å²) in [7, 11) is 0. The van der Waals surface area contributed by atoms with E-state index in [0.29, 0.717) is 12.5 Å². The van der Waals surface area contributed by atoms with Crippen molar-refractivity contribution in [3.8, 4) is 0 Å². The number of nitrogens with zero attached hydrogens (tertiary/aromatic N) is 2. The van der Waals surface area contributed by atoms with Crippen molar-refractivity contribution in [2.75, 3.05) is 6.54 Å². The lowest BCUT2D eigenvalue weighted by Gasteiger charge is -2.39. The molecule has 1 saturated carbocycles. The Hall–Kier alpha value is -2.69. The third-order valence-electron chi connectivity index (χ3n) is 6.59. The standard InChI is InChI=1S/C25H30FN3O/c1-17-6-5-9-22(23(16-17)27-2)28-25(30)29-15-14-18-7-3-4-8-21(18)24(29)19-10-12-20(26)13-11-19/h3-4,7-8,10-13,17,22-24H,2,5-6,9,14-16H2,1H3,(H,28,30)/t17?,22-,23+,24-/m0/s1. The average Bonchev–Trinajstić information content (AvgIpc) is 2.94. The Morgan fingerprint density at radius 2 is 1.93 bits per heavy atom. The fraction of sp³-hybridized carbons (Fsp3) is 0.440. The van der Waals surface area contributed by atoms with Gasteiger partial charge in [-0.1, -0.05) is 56.2 Å². The van der Waals surface area contributed by atoms with E-state index in [9.17, 15) is 9.18 Å². The summed E-state index contributed by atoms with van der Waals surface area (Å²) in [6.07, 6.45) is 4.94. The number of aliphatic imine (C=N–C) groups is 1. The van der Waals surface area contributed by atoms with Crippen LogP contribution in [0.4, 0.5) is 9.18 Å². The van der Waals surface area contributed by atoms with Crippen LogP contribution >= 0.6 is 0 Å². The summed E-state index contributed by atoms with van der Waals surface area (Å²) in [5, 5.41) is 3.27. The number of hydrogen-bond acceptors (Lipinski definition) is 2. The highest BCUT2D eigenvalue weighted by Crippen LogP contribution is 2.35. The summed E-state index contributed by atoms with van der Waals surface area (Å²) in [5.41, 5.74) is 3.27. The van der Waals surface area contributed by atoms with Crippen LogP contribution in [0.25, 0.3) is 0 Å². The molecule has 2 aromatic carbocycles. The Bertz CT molecular complexity index is 898. The SMILES string of the molecule is C=N[C@@H]1CC(C)CCC[C@@H]1NC(=O)N1CCc2ccccc2[C@@H]1c1ccc(F)cc1. The zero-order chi connectivity index (χ0) is 21.1. The molecule has 0 radical (unpaired) electrons. The van der Waals surface area contributed by atoms with Gasteiger partial charge in [-0.25, -0.2) is 9.18 Å². The van der Waals surface area contributed by atoms with Crippen LogP contribution in [0.5, 0.6) is 0 Å². The van der Waals surface area contributed by atoms with E-state index in [1.54, 1.807) is 12.1 Å². The molecule has 1 aliphatic heterocycles. The lowest BCUT2D eigenvalue weighted by molar-refractivity contribution is 0.173. The maximum Gasteiger partial charge on any atom is 0.318 e. The first-order valence-corrected chi connectivity index (χ1v) is 10.9. The van der Waals surface area contributed by atoms with Crippen LogP contribution < -0.4 is 5.32 Å². The summed E-state index contributed by atoms with van der Waals surface area (Å²) >= 11 is 0. The van der Waals surface area contributed by atoms with Gasteiger partial charge in [0.05, 0.1) is 18.1 Å². The highest BCUT2D eigenvalue weighted by atomic mass is 19.1. The van der Waals surface area contributed by atoms with Crippen LogP contribution in [-0.4, -0.2) is 36.3 Å². The van der Waals surface area contributed by atoms with Crippen LogP contribution in [0.2, 0.25) is 0 Å². The highest BCUT2D eigenvalue weighted by molar-refractivity contribution is 5.76. The van der Waals surface area contributed by atoms with E-state index in [0.717, 1.165) is 43.2 Å². The lowest BCUT2D eigenvalue weighted by Crippen LogP contribution is -2.51. The molecule has 1 fully saturated rings. The van der Waals surface area contributed by atoms with Crippen molar-refractivity contribution in [1.82, 2.24) is 10.2 Å². The van der Waals surface area contributed by atoms with Crippen molar-refractivity contribution < 1.29 is 9.18 Å². The molecule has 158 valence electrons. The maximum absolute atomic E-state index is 13.6. The molecule has 1 aliphatic carbocycles. The Morgan fingerprint density at radius 3 is 2.70 bits per heavy atom. The first-order valence-electron chi connectivity index (χ1n) is 10.9. The quantitative estimate of drug-likeness (QED) is 0.556. The van der Waals surface area contributed by atoms with Gasteiger partial charge in [0.25, 0.3) is 0 Å². The molecule has 0 bridgehead atoms. The lowest BCUT2D eigenvalue weighted by atomic mass is 9.88. The molecule has 4 nitrogen and oxygen atoms in total. The topological polar surface area (TPSA) is 44.7 Å².